The molecule has 2 aromatic carbocycles. The molecule has 0 saturated carbocycles. The van der Waals surface area contributed by atoms with E-state index in [9.17, 15) is 9.59 Å². The molecule has 0 atom stereocenters. The fourth-order valence-corrected chi connectivity index (χ4v) is 3.26. The highest BCUT2D eigenvalue weighted by molar-refractivity contribution is 6.39. The Morgan fingerprint density at radius 2 is 1.70 bits per heavy atom. The molecule has 27 heavy (non-hydrogen) atoms. The van der Waals surface area contributed by atoms with Gasteiger partial charge in [0.2, 0.25) is 0 Å². The van der Waals surface area contributed by atoms with Crippen LogP contribution in [0.5, 0.6) is 11.5 Å². The van der Waals surface area contributed by atoms with Gasteiger partial charge in [-0.05, 0) is 60.7 Å². The molecule has 0 saturated heterocycles. The highest BCUT2D eigenvalue weighted by Gasteiger charge is 2.27. The molecule has 0 unspecified atom stereocenters. The maximum Gasteiger partial charge on any atom is 0.313 e. The smallest absolute Gasteiger partial charge is 0.313 e. The summed E-state index contributed by atoms with van der Waals surface area (Å²) in [6.07, 6.45) is 0.665. The van der Waals surface area contributed by atoms with Gasteiger partial charge in [-0.3, -0.25) is 9.59 Å². The molecule has 2 aromatic rings. The number of carbonyl (C=O) groups excluding carboxylic acids is 2. The van der Waals surface area contributed by atoms with Gasteiger partial charge in [0.25, 0.3) is 0 Å². The third kappa shape index (κ3) is 3.74. The number of amides is 2. The van der Waals surface area contributed by atoms with Crippen molar-refractivity contribution in [2.75, 3.05) is 26.1 Å². The van der Waals surface area contributed by atoms with E-state index in [0.717, 1.165) is 22.3 Å². The van der Waals surface area contributed by atoms with Crippen molar-refractivity contribution in [3.05, 3.63) is 52.6 Å². The molecular formula is C21H24N2O4. The number of rotatable bonds is 3. The van der Waals surface area contributed by atoms with Crippen LogP contribution < -0.4 is 14.8 Å². The standard InChI is InChI=1S/C21H24N2O4/c1-13-6-5-7-17(14(13)2)22-20(24)21(25)23-9-8-15-10-18(26-3)19(27-4)11-16(15)12-23/h5-7,10-11H,8-9,12H2,1-4H3,(H,22,24). The Hall–Kier alpha value is -3.02. The van der Waals surface area contributed by atoms with E-state index in [1.165, 1.54) is 0 Å². The Kier molecular flexibility index (Phi) is 5.35. The van der Waals surface area contributed by atoms with Gasteiger partial charge in [0.15, 0.2) is 11.5 Å². The molecular weight excluding hydrogens is 344 g/mol. The Labute approximate surface area is 159 Å². The molecule has 142 valence electrons. The zero-order valence-corrected chi connectivity index (χ0v) is 16.1. The van der Waals surface area contributed by atoms with E-state index in [1.807, 2.05) is 38.1 Å². The number of anilines is 1. The second-order valence-electron chi connectivity index (χ2n) is 6.65. The van der Waals surface area contributed by atoms with Gasteiger partial charge < -0.3 is 19.7 Å². The topological polar surface area (TPSA) is 67.9 Å². The van der Waals surface area contributed by atoms with Gasteiger partial charge in [-0.1, -0.05) is 12.1 Å². The van der Waals surface area contributed by atoms with Crippen molar-refractivity contribution in [2.45, 2.75) is 26.8 Å². The number of hydrogen-bond donors (Lipinski definition) is 1. The van der Waals surface area contributed by atoms with Crippen molar-refractivity contribution >= 4 is 17.5 Å². The third-order valence-electron chi connectivity index (χ3n) is 5.05. The number of fused-ring (bicyclic) bond motifs is 1. The van der Waals surface area contributed by atoms with E-state index >= 15 is 0 Å². The molecule has 0 bridgehead atoms. The minimum absolute atomic E-state index is 0.370. The van der Waals surface area contributed by atoms with Gasteiger partial charge in [-0.25, -0.2) is 0 Å². The molecule has 0 fully saturated rings. The Morgan fingerprint density at radius 1 is 1.04 bits per heavy atom. The van der Waals surface area contributed by atoms with Crippen LogP contribution in [0.4, 0.5) is 5.69 Å². The average Bonchev–Trinajstić information content (AvgIpc) is 2.69. The first-order valence-electron chi connectivity index (χ1n) is 8.84. The summed E-state index contributed by atoms with van der Waals surface area (Å²) in [5.41, 5.74) is 4.75. The summed E-state index contributed by atoms with van der Waals surface area (Å²) in [6.45, 7) is 4.75. The second-order valence-corrected chi connectivity index (χ2v) is 6.65. The molecule has 3 rings (SSSR count). The van der Waals surface area contributed by atoms with Crippen molar-refractivity contribution in [1.82, 2.24) is 4.90 Å². The lowest BCUT2D eigenvalue weighted by Gasteiger charge is -2.29. The third-order valence-corrected chi connectivity index (χ3v) is 5.05. The zero-order chi connectivity index (χ0) is 19.6. The van der Waals surface area contributed by atoms with Crippen LogP contribution in [0.3, 0.4) is 0 Å². The molecule has 1 aliphatic rings. The van der Waals surface area contributed by atoms with Gasteiger partial charge >= 0.3 is 11.8 Å². The van der Waals surface area contributed by atoms with E-state index < -0.39 is 11.8 Å². The summed E-state index contributed by atoms with van der Waals surface area (Å²) in [5, 5.41) is 2.74. The van der Waals surface area contributed by atoms with Crippen LogP contribution in [0, 0.1) is 13.8 Å². The fraction of sp³-hybridized carbons (Fsp3) is 0.333. The lowest BCUT2D eigenvalue weighted by molar-refractivity contribution is -0.143. The quantitative estimate of drug-likeness (QED) is 0.846. The Bertz CT molecular complexity index is 892. The second kappa shape index (κ2) is 7.70. The van der Waals surface area contributed by atoms with E-state index in [1.54, 1.807) is 25.2 Å². The van der Waals surface area contributed by atoms with Crippen molar-refractivity contribution in [2.24, 2.45) is 0 Å². The molecule has 0 radical (unpaired) electrons. The first kappa shape index (κ1) is 18.8. The molecule has 1 N–H and O–H groups in total. The van der Waals surface area contributed by atoms with Crippen LogP contribution in [0.25, 0.3) is 0 Å². The van der Waals surface area contributed by atoms with Crippen LogP contribution in [0.1, 0.15) is 22.3 Å². The summed E-state index contributed by atoms with van der Waals surface area (Å²) in [5.74, 6) is 0.137. The first-order chi connectivity index (χ1) is 12.9. The van der Waals surface area contributed by atoms with E-state index in [2.05, 4.69) is 5.32 Å². The molecule has 6 nitrogen and oxygen atoms in total. The van der Waals surface area contributed by atoms with Gasteiger partial charge in [0.1, 0.15) is 0 Å². The zero-order valence-electron chi connectivity index (χ0n) is 16.1. The first-order valence-corrected chi connectivity index (χ1v) is 8.84. The minimum atomic E-state index is -0.618. The average molecular weight is 368 g/mol. The molecule has 2 amide bonds. The Morgan fingerprint density at radius 3 is 2.37 bits per heavy atom. The lowest BCUT2D eigenvalue weighted by Crippen LogP contribution is -2.42. The fourth-order valence-electron chi connectivity index (χ4n) is 3.26. The number of hydrogen-bond acceptors (Lipinski definition) is 4. The number of nitrogens with zero attached hydrogens (tertiary/aromatic N) is 1. The summed E-state index contributed by atoms with van der Waals surface area (Å²) in [7, 11) is 3.17. The number of nitrogens with one attached hydrogen (secondary N) is 1. The SMILES string of the molecule is COc1cc2c(cc1OC)CN(C(=O)C(=O)Nc1cccc(C)c1C)CC2. The van der Waals surface area contributed by atoms with E-state index in [-0.39, 0.29) is 0 Å². The number of benzene rings is 2. The van der Waals surface area contributed by atoms with Crippen LogP contribution in [0.15, 0.2) is 30.3 Å². The van der Waals surface area contributed by atoms with E-state index in [0.29, 0.717) is 36.7 Å². The molecule has 6 heteroatoms. The van der Waals surface area contributed by atoms with Gasteiger partial charge in [-0.2, -0.15) is 0 Å². The van der Waals surface area contributed by atoms with Crippen molar-refractivity contribution in [3.8, 4) is 11.5 Å². The van der Waals surface area contributed by atoms with Crippen LogP contribution >= 0.6 is 0 Å². The number of methoxy groups -OCH3 is 2. The van der Waals surface area contributed by atoms with Gasteiger partial charge in [0.05, 0.1) is 14.2 Å². The predicted octanol–water partition coefficient (Wildman–Crippen LogP) is 2.84. The van der Waals surface area contributed by atoms with Crippen molar-refractivity contribution < 1.29 is 19.1 Å². The van der Waals surface area contributed by atoms with Crippen molar-refractivity contribution in [3.63, 3.8) is 0 Å². The highest BCUT2D eigenvalue weighted by atomic mass is 16.5. The summed E-state index contributed by atoms with van der Waals surface area (Å²) < 4.78 is 10.7. The lowest BCUT2D eigenvalue weighted by atomic mass is 9.98. The minimum Gasteiger partial charge on any atom is -0.493 e. The normalized spacial score (nSPS) is 13.0. The van der Waals surface area contributed by atoms with E-state index in [4.69, 9.17) is 9.47 Å². The van der Waals surface area contributed by atoms with Crippen LogP contribution in [-0.2, 0) is 22.6 Å². The predicted molar refractivity (Wildman–Crippen MR) is 103 cm³/mol. The van der Waals surface area contributed by atoms with Gasteiger partial charge in [0, 0.05) is 18.8 Å². The van der Waals surface area contributed by atoms with Crippen molar-refractivity contribution in [1.29, 1.82) is 0 Å². The number of ether oxygens (including phenoxy) is 2. The maximum absolute atomic E-state index is 12.6. The van der Waals surface area contributed by atoms with Crippen LogP contribution in [0.2, 0.25) is 0 Å². The number of aryl methyl sites for hydroxylation is 1. The van der Waals surface area contributed by atoms with Gasteiger partial charge in [-0.15, -0.1) is 0 Å². The maximum atomic E-state index is 12.6. The largest absolute Gasteiger partial charge is 0.493 e. The molecule has 0 aromatic heterocycles. The molecule has 0 spiro atoms. The summed E-state index contributed by atoms with van der Waals surface area (Å²) in [4.78, 5) is 26.7. The molecule has 1 aliphatic heterocycles. The Balaban J connectivity index is 1.75. The summed E-state index contributed by atoms with van der Waals surface area (Å²) in [6, 6.07) is 9.44. The summed E-state index contributed by atoms with van der Waals surface area (Å²) >= 11 is 0. The molecule has 1 heterocycles. The highest BCUT2D eigenvalue weighted by Crippen LogP contribution is 2.33. The number of carbonyl (C=O) groups is 2. The van der Waals surface area contributed by atoms with Crippen LogP contribution in [-0.4, -0.2) is 37.5 Å². The molecule has 0 aliphatic carbocycles. The monoisotopic (exact) mass is 368 g/mol.